The summed E-state index contributed by atoms with van der Waals surface area (Å²) >= 11 is 0. The number of ether oxygens (including phenoxy) is 1. The Morgan fingerprint density at radius 1 is 1.24 bits per heavy atom. The van der Waals surface area contributed by atoms with Gasteiger partial charge in [0.2, 0.25) is 0 Å². The van der Waals surface area contributed by atoms with Crippen LogP contribution in [0.3, 0.4) is 0 Å². The minimum absolute atomic E-state index is 0.0696. The number of carbonyl (C=O) groups excluding carboxylic acids is 1. The highest BCUT2D eigenvalue weighted by Gasteiger charge is 2.40. The van der Waals surface area contributed by atoms with Crippen molar-refractivity contribution in [2.24, 2.45) is 0 Å². The third-order valence-electron chi connectivity index (χ3n) is 4.52. The van der Waals surface area contributed by atoms with E-state index in [4.69, 9.17) is 4.74 Å². The maximum absolute atomic E-state index is 12.5. The van der Waals surface area contributed by atoms with Crippen molar-refractivity contribution >= 4 is 5.97 Å². The van der Waals surface area contributed by atoms with E-state index in [0.29, 0.717) is 6.61 Å². The van der Waals surface area contributed by atoms with Gasteiger partial charge in [0, 0.05) is 19.6 Å². The molecular weight excluding hydrogens is 266 g/mol. The first-order valence-electron chi connectivity index (χ1n) is 8.41. The van der Waals surface area contributed by atoms with Crippen molar-refractivity contribution in [2.45, 2.75) is 45.6 Å². The first-order valence-corrected chi connectivity index (χ1v) is 8.41. The van der Waals surface area contributed by atoms with Crippen LogP contribution in [0, 0.1) is 0 Å². The van der Waals surface area contributed by atoms with E-state index in [9.17, 15) is 4.79 Å². The molecule has 0 aromatic heterocycles. The minimum atomic E-state index is -0.492. The number of hydrogen-bond acceptors (Lipinski definition) is 5. The molecule has 1 aliphatic rings. The number of carbonyl (C=O) groups is 1. The van der Waals surface area contributed by atoms with Gasteiger partial charge >= 0.3 is 5.97 Å². The van der Waals surface area contributed by atoms with Gasteiger partial charge in [0.15, 0.2) is 0 Å². The van der Waals surface area contributed by atoms with Crippen molar-refractivity contribution in [1.82, 2.24) is 15.1 Å². The van der Waals surface area contributed by atoms with E-state index >= 15 is 0 Å². The van der Waals surface area contributed by atoms with Gasteiger partial charge in [0.1, 0.15) is 5.54 Å². The number of nitrogens with one attached hydrogen (secondary N) is 1. The molecule has 21 heavy (non-hydrogen) atoms. The second kappa shape index (κ2) is 9.38. The molecule has 124 valence electrons. The second-order valence-corrected chi connectivity index (χ2v) is 5.91. The van der Waals surface area contributed by atoms with Crippen LogP contribution in [0.25, 0.3) is 0 Å². The molecule has 1 fully saturated rings. The summed E-state index contributed by atoms with van der Waals surface area (Å²) in [5, 5.41) is 3.54. The summed E-state index contributed by atoms with van der Waals surface area (Å²) < 4.78 is 5.35. The maximum Gasteiger partial charge on any atom is 0.326 e. The summed E-state index contributed by atoms with van der Waals surface area (Å²) in [6.07, 6.45) is 2.74. The first-order chi connectivity index (χ1) is 10.1. The molecule has 0 bridgehead atoms. The summed E-state index contributed by atoms with van der Waals surface area (Å²) in [5.41, 5.74) is -0.492. The van der Waals surface area contributed by atoms with Crippen molar-refractivity contribution in [1.29, 1.82) is 0 Å². The van der Waals surface area contributed by atoms with E-state index < -0.39 is 5.54 Å². The van der Waals surface area contributed by atoms with Gasteiger partial charge in [-0.2, -0.15) is 0 Å². The molecule has 1 N–H and O–H groups in total. The van der Waals surface area contributed by atoms with E-state index in [1.54, 1.807) is 0 Å². The summed E-state index contributed by atoms with van der Waals surface area (Å²) in [4.78, 5) is 17.1. The van der Waals surface area contributed by atoms with Gasteiger partial charge in [-0.3, -0.25) is 4.79 Å². The van der Waals surface area contributed by atoms with Gasteiger partial charge in [0.05, 0.1) is 6.61 Å². The van der Waals surface area contributed by atoms with E-state index in [1.807, 2.05) is 6.92 Å². The predicted octanol–water partition coefficient (Wildman–Crippen LogP) is 1.34. The van der Waals surface area contributed by atoms with Crippen molar-refractivity contribution in [3.8, 4) is 0 Å². The maximum atomic E-state index is 12.5. The Hall–Kier alpha value is -0.650. The van der Waals surface area contributed by atoms with E-state index in [-0.39, 0.29) is 5.97 Å². The molecule has 1 unspecified atom stereocenters. The zero-order valence-corrected chi connectivity index (χ0v) is 14.3. The Labute approximate surface area is 130 Å². The Bertz CT molecular complexity index is 308. The van der Waals surface area contributed by atoms with Crippen LogP contribution < -0.4 is 5.32 Å². The van der Waals surface area contributed by atoms with Gasteiger partial charge in [-0.25, -0.2) is 0 Å². The lowest BCUT2D eigenvalue weighted by molar-refractivity contribution is -0.152. The molecule has 5 nitrogen and oxygen atoms in total. The number of hydrogen-bond donors (Lipinski definition) is 1. The molecule has 0 aliphatic carbocycles. The fraction of sp³-hybridized carbons (Fsp3) is 0.938. The highest BCUT2D eigenvalue weighted by Crippen LogP contribution is 2.23. The minimum Gasteiger partial charge on any atom is -0.465 e. The molecular formula is C16H33N3O2. The van der Waals surface area contributed by atoms with Gasteiger partial charge in [-0.05, 0) is 52.9 Å². The third-order valence-corrected chi connectivity index (χ3v) is 4.52. The topological polar surface area (TPSA) is 44.8 Å². The van der Waals surface area contributed by atoms with Crippen LogP contribution in [0.1, 0.15) is 40.0 Å². The summed E-state index contributed by atoms with van der Waals surface area (Å²) in [6, 6.07) is 0. The van der Waals surface area contributed by atoms with Gasteiger partial charge in [-0.15, -0.1) is 0 Å². The average molecular weight is 299 g/mol. The average Bonchev–Trinajstić information content (AvgIpc) is 2.67. The number of rotatable bonds is 8. The van der Waals surface area contributed by atoms with Crippen molar-refractivity contribution < 1.29 is 9.53 Å². The lowest BCUT2D eigenvalue weighted by atomic mass is 9.90. The molecule has 5 heteroatoms. The van der Waals surface area contributed by atoms with Crippen LogP contribution >= 0.6 is 0 Å². The predicted molar refractivity (Wildman–Crippen MR) is 86.5 cm³/mol. The molecule has 1 aliphatic heterocycles. The summed E-state index contributed by atoms with van der Waals surface area (Å²) in [7, 11) is 2.12. The third kappa shape index (κ3) is 5.57. The lowest BCUT2D eigenvalue weighted by Gasteiger charge is -2.32. The molecule has 1 heterocycles. The Balaban J connectivity index is 2.65. The lowest BCUT2D eigenvalue weighted by Crippen LogP contribution is -2.55. The Kier molecular flexibility index (Phi) is 8.22. The van der Waals surface area contributed by atoms with Crippen LogP contribution in [0.4, 0.5) is 0 Å². The highest BCUT2D eigenvalue weighted by atomic mass is 16.5. The largest absolute Gasteiger partial charge is 0.465 e. The molecule has 0 radical (unpaired) electrons. The number of likely N-dealkylation sites (tertiary alicyclic amines) is 1. The first kappa shape index (κ1) is 18.4. The number of esters is 1. The highest BCUT2D eigenvalue weighted by molar-refractivity contribution is 5.81. The second-order valence-electron chi connectivity index (χ2n) is 5.91. The fourth-order valence-corrected chi connectivity index (χ4v) is 2.98. The molecule has 0 aromatic rings. The molecule has 0 aromatic carbocycles. The van der Waals surface area contributed by atoms with E-state index in [2.05, 4.69) is 36.0 Å². The molecule has 1 atom stereocenters. The molecule has 1 saturated heterocycles. The van der Waals surface area contributed by atoms with Crippen LogP contribution in [0.5, 0.6) is 0 Å². The monoisotopic (exact) mass is 299 g/mol. The van der Waals surface area contributed by atoms with Crippen LogP contribution in [0.15, 0.2) is 0 Å². The van der Waals surface area contributed by atoms with Crippen LogP contribution in [-0.2, 0) is 9.53 Å². The van der Waals surface area contributed by atoms with Crippen molar-refractivity contribution in [2.75, 3.05) is 52.9 Å². The molecule has 0 spiro atoms. The van der Waals surface area contributed by atoms with E-state index in [1.165, 1.54) is 0 Å². The van der Waals surface area contributed by atoms with E-state index in [0.717, 1.165) is 58.5 Å². The van der Waals surface area contributed by atoms with Crippen molar-refractivity contribution in [3.05, 3.63) is 0 Å². The van der Waals surface area contributed by atoms with Gasteiger partial charge in [0.25, 0.3) is 0 Å². The van der Waals surface area contributed by atoms with Crippen LogP contribution in [-0.4, -0.2) is 74.2 Å². The zero-order valence-electron chi connectivity index (χ0n) is 14.3. The van der Waals surface area contributed by atoms with Gasteiger partial charge in [-0.1, -0.05) is 13.8 Å². The molecule has 0 amide bonds. The number of nitrogens with zero attached hydrogens (tertiary/aromatic N) is 2. The fourth-order valence-electron chi connectivity index (χ4n) is 2.98. The van der Waals surface area contributed by atoms with Gasteiger partial charge < -0.3 is 19.9 Å². The zero-order chi connectivity index (χ0) is 15.7. The summed E-state index contributed by atoms with van der Waals surface area (Å²) in [6.45, 7) is 12.6. The summed E-state index contributed by atoms with van der Waals surface area (Å²) in [5.74, 6) is -0.0696. The van der Waals surface area contributed by atoms with Crippen LogP contribution in [0.2, 0.25) is 0 Å². The smallest absolute Gasteiger partial charge is 0.326 e. The Morgan fingerprint density at radius 2 is 1.95 bits per heavy atom. The molecule has 1 rings (SSSR count). The standard InChI is InChI=1S/C16H33N3O2/c1-5-19(6-2)14-11-17-16(15(20)21-7-3)9-8-12-18(4)13-10-16/h17H,5-14H2,1-4H3. The SMILES string of the molecule is CCOC(=O)C1(NCCN(CC)CC)CCCN(C)CC1. The molecule has 0 saturated carbocycles. The quantitative estimate of drug-likeness (QED) is 0.685. The van der Waals surface area contributed by atoms with Crippen molar-refractivity contribution in [3.63, 3.8) is 0 Å². The number of likely N-dealkylation sites (N-methyl/N-ethyl adjacent to an activating group) is 1. The normalized spacial score (nSPS) is 24.0. The Morgan fingerprint density at radius 3 is 2.57 bits per heavy atom.